The number of H-pyrrole nitrogens is 1. The lowest BCUT2D eigenvalue weighted by molar-refractivity contribution is 0.332. The molecule has 0 spiro atoms. The molecule has 0 amide bonds. The summed E-state index contributed by atoms with van der Waals surface area (Å²) in [4.78, 5) is 7.41. The first kappa shape index (κ1) is 7.80. The largest absolute Gasteiger partial charge is 0.347 e. The first-order valence-corrected chi connectivity index (χ1v) is 4.61. The molecule has 1 aliphatic heterocycles. The molecule has 66 valence electrons. The maximum absolute atomic E-state index is 4.26. The minimum atomic E-state index is 0.448. The first-order valence-electron chi connectivity index (χ1n) is 4.61. The Morgan fingerprint density at radius 3 is 3.08 bits per heavy atom. The Morgan fingerprint density at radius 2 is 2.42 bits per heavy atom. The number of imidazole rings is 1. The molecule has 0 bridgehead atoms. The second kappa shape index (κ2) is 3.27. The third kappa shape index (κ3) is 1.50. The topological polar surface area (TPSA) is 40.7 Å². The van der Waals surface area contributed by atoms with Crippen molar-refractivity contribution in [2.24, 2.45) is 0 Å². The summed E-state index contributed by atoms with van der Waals surface area (Å²) < 4.78 is 0. The van der Waals surface area contributed by atoms with E-state index in [2.05, 4.69) is 22.2 Å². The number of rotatable bonds is 1. The molecule has 1 aliphatic rings. The molecule has 2 atom stereocenters. The van der Waals surface area contributed by atoms with Crippen LogP contribution in [-0.4, -0.2) is 16.0 Å². The van der Waals surface area contributed by atoms with Crippen molar-refractivity contribution < 1.29 is 0 Å². The fourth-order valence-corrected chi connectivity index (χ4v) is 1.82. The van der Waals surface area contributed by atoms with E-state index in [1.807, 2.05) is 12.4 Å². The van der Waals surface area contributed by atoms with E-state index in [0.717, 1.165) is 5.82 Å². The zero-order valence-corrected chi connectivity index (χ0v) is 7.38. The van der Waals surface area contributed by atoms with E-state index in [0.29, 0.717) is 12.1 Å². The predicted octanol–water partition coefficient (Wildman–Crippen LogP) is 1.61. The van der Waals surface area contributed by atoms with Crippen LogP contribution in [0.15, 0.2) is 12.4 Å². The van der Waals surface area contributed by atoms with Gasteiger partial charge in [0.1, 0.15) is 5.82 Å². The molecule has 2 heterocycles. The Bertz CT molecular complexity index is 230. The minimum absolute atomic E-state index is 0.448. The summed E-state index contributed by atoms with van der Waals surface area (Å²) in [6.45, 7) is 2.23. The van der Waals surface area contributed by atoms with Crippen molar-refractivity contribution in [1.82, 2.24) is 15.3 Å². The zero-order valence-electron chi connectivity index (χ0n) is 7.38. The van der Waals surface area contributed by atoms with Gasteiger partial charge < -0.3 is 10.3 Å². The average Bonchev–Trinajstić information content (AvgIpc) is 2.56. The lowest BCUT2D eigenvalue weighted by Gasteiger charge is -2.27. The van der Waals surface area contributed by atoms with Crippen LogP contribution in [0.1, 0.15) is 38.1 Å². The molecule has 1 aromatic heterocycles. The van der Waals surface area contributed by atoms with E-state index < -0.39 is 0 Å². The lowest BCUT2D eigenvalue weighted by Crippen LogP contribution is -2.35. The number of hydrogen-bond acceptors (Lipinski definition) is 2. The van der Waals surface area contributed by atoms with Crippen LogP contribution in [-0.2, 0) is 0 Å². The van der Waals surface area contributed by atoms with Crippen molar-refractivity contribution >= 4 is 0 Å². The maximum atomic E-state index is 4.26. The zero-order chi connectivity index (χ0) is 8.39. The molecule has 12 heavy (non-hydrogen) atoms. The standard InChI is InChI=1S/C9H15N3/c1-7-3-2-4-8(12-7)9-10-5-6-11-9/h5-8,12H,2-4H2,1H3,(H,10,11). The van der Waals surface area contributed by atoms with Gasteiger partial charge in [0.15, 0.2) is 0 Å². The molecular weight excluding hydrogens is 150 g/mol. The van der Waals surface area contributed by atoms with Crippen LogP contribution >= 0.6 is 0 Å². The van der Waals surface area contributed by atoms with Crippen molar-refractivity contribution in [3.05, 3.63) is 18.2 Å². The molecule has 1 saturated heterocycles. The van der Waals surface area contributed by atoms with Crippen molar-refractivity contribution in [2.75, 3.05) is 0 Å². The molecule has 3 heteroatoms. The van der Waals surface area contributed by atoms with Gasteiger partial charge in [-0.3, -0.25) is 0 Å². The summed E-state index contributed by atoms with van der Waals surface area (Å²) in [5.41, 5.74) is 0. The second-order valence-corrected chi connectivity index (χ2v) is 3.53. The van der Waals surface area contributed by atoms with Crippen LogP contribution in [0, 0.1) is 0 Å². The molecule has 2 N–H and O–H groups in total. The summed E-state index contributed by atoms with van der Waals surface area (Å²) >= 11 is 0. The highest BCUT2D eigenvalue weighted by molar-refractivity contribution is 4.97. The molecule has 1 aromatic rings. The normalized spacial score (nSPS) is 30.4. The molecule has 0 saturated carbocycles. The molecule has 2 rings (SSSR count). The molecular formula is C9H15N3. The average molecular weight is 165 g/mol. The minimum Gasteiger partial charge on any atom is -0.347 e. The Balaban J connectivity index is 2.04. The van der Waals surface area contributed by atoms with Crippen molar-refractivity contribution in [3.8, 4) is 0 Å². The molecule has 3 nitrogen and oxygen atoms in total. The molecule has 1 fully saturated rings. The van der Waals surface area contributed by atoms with Gasteiger partial charge in [-0.1, -0.05) is 0 Å². The highest BCUT2D eigenvalue weighted by atomic mass is 15.0. The van der Waals surface area contributed by atoms with Gasteiger partial charge in [0.2, 0.25) is 0 Å². The second-order valence-electron chi connectivity index (χ2n) is 3.53. The van der Waals surface area contributed by atoms with E-state index >= 15 is 0 Å². The summed E-state index contributed by atoms with van der Waals surface area (Å²) in [5.74, 6) is 1.08. The highest BCUT2D eigenvalue weighted by Crippen LogP contribution is 2.22. The summed E-state index contributed by atoms with van der Waals surface area (Å²) in [6.07, 6.45) is 7.50. The van der Waals surface area contributed by atoms with Gasteiger partial charge in [0.05, 0.1) is 6.04 Å². The van der Waals surface area contributed by atoms with Crippen LogP contribution in [0.25, 0.3) is 0 Å². The van der Waals surface area contributed by atoms with Gasteiger partial charge in [-0.25, -0.2) is 4.98 Å². The van der Waals surface area contributed by atoms with Gasteiger partial charge >= 0.3 is 0 Å². The molecule has 0 aliphatic carbocycles. The van der Waals surface area contributed by atoms with E-state index in [1.165, 1.54) is 19.3 Å². The fourth-order valence-electron chi connectivity index (χ4n) is 1.82. The van der Waals surface area contributed by atoms with E-state index in [1.54, 1.807) is 0 Å². The maximum Gasteiger partial charge on any atom is 0.123 e. The van der Waals surface area contributed by atoms with Crippen molar-refractivity contribution in [2.45, 2.75) is 38.3 Å². The Morgan fingerprint density at radius 1 is 1.50 bits per heavy atom. The Labute approximate surface area is 72.6 Å². The number of piperidine rings is 1. The molecule has 0 radical (unpaired) electrons. The van der Waals surface area contributed by atoms with Gasteiger partial charge in [-0.15, -0.1) is 0 Å². The van der Waals surface area contributed by atoms with Gasteiger partial charge in [-0.05, 0) is 26.2 Å². The Kier molecular flexibility index (Phi) is 2.13. The van der Waals surface area contributed by atoms with Crippen LogP contribution in [0.5, 0.6) is 0 Å². The van der Waals surface area contributed by atoms with Gasteiger partial charge in [0.25, 0.3) is 0 Å². The van der Waals surface area contributed by atoms with Gasteiger partial charge in [0, 0.05) is 18.4 Å². The number of nitrogens with one attached hydrogen (secondary N) is 2. The smallest absolute Gasteiger partial charge is 0.123 e. The number of nitrogens with zero attached hydrogens (tertiary/aromatic N) is 1. The van der Waals surface area contributed by atoms with Crippen molar-refractivity contribution in [3.63, 3.8) is 0 Å². The van der Waals surface area contributed by atoms with Gasteiger partial charge in [-0.2, -0.15) is 0 Å². The van der Waals surface area contributed by atoms with E-state index in [9.17, 15) is 0 Å². The summed E-state index contributed by atoms with van der Waals surface area (Å²) in [5, 5.41) is 3.52. The molecule has 0 aromatic carbocycles. The van der Waals surface area contributed by atoms with E-state index in [4.69, 9.17) is 0 Å². The third-order valence-corrected chi connectivity index (χ3v) is 2.47. The van der Waals surface area contributed by atoms with Crippen LogP contribution in [0.3, 0.4) is 0 Å². The SMILES string of the molecule is CC1CCCC(c2ncc[nH]2)N1. The Hall–Kier alpha value is -0.830. The van der Waals surface area contributed by atoms with Crippen molar-refractivity contribution in [1.29, 1.82) is 0 Å². The number of aromatic nitrogens is 2. The molecule has 2 unspecified atom stereocenters. The van der Waals surface area contributed by atoms with Crippen LogP contribution < -0.4 is 5.32 Å². The number of aromatic amines is 1. The third-order valence-electron chi connectivity index (χ3n) is 2.47. The highest BCUT2D eigenvalue weighted by Gasteiger charge is 2.20. The number of hydrogen-bond donors (Lipinski definition) is 2. The fraction of sp³-hybridized carbons (Fsp3) is 0.667. The first-order chi connectivity index (χ1) is 5.86. The van der Waals surface area contributed by atoms with E-state index in [-0.39, 0.29) is 0 Å². The summed E-state index contributed by atoms with van der Waals surface area (Å²) in [7, 11) is 0. The lowest BCUT2D eigenvalue weighted by atomic mass is 9.99. The predicted molar refractivity (Wildman–Crippen MR) is 47.8 cm³/mol. The van der Waals surface area contributed by atoms with Crippen LogP contribution in [0.2, 0.25) is 0 Å². The summed E-state index contributed by atoms with van der Waals surface area (Å²) in [6, 6.07) is 1.08. The monoisotopic (exact) mass is 165 g/mol. The quantitative estimate of drug-likeness (QED) is 0.663. The van der Waals surface area contributed by atoms with Crippen LogP contribution in [0.4, 0.5) is 0 Å².